The molecule has 0 bridgehead atoms. The molecule has 3 aromatic rings. The zero-order valence-electron chi connectivity index (χ0n) is 16.6. The highest BCUT2D eigenvalue weighted by molar-refractivity contribution is 5.75. The molecule has 4 heteroatoms. The Morgan fingerprint density at radius 3 is 2.56 bits per heavy atom. The van der Waals surface area contributed by atoms with Gasteiger partial charge in [0.15, 0.2) is 0 Å². The molecule has 27 heavy (non-hydrogen) atoms. The minimum atomic E-state index is 0.535. The molecule has 0 fully saturated rings. The van der Waals surface area contributed by atoms with E-state index in [9.17, 15) is 0 Å². The Kier molecular flexibility index (Phi) is 6.88. The van der Waals surface area contributed by atoms with Gasteiger partial charge in [0.2, 0.25) is 0 Å². The first-order chi connectivity index (χ1) is 13.2. The lowest BCUT2D eigenvalue weighted by Crippen LogP contribution is -2.07. The molecule has 1 heterocycles. The Balaban J connectivity index is 1.50. The molecule has 0 aliphatic rings. The van der Waals surface area contributed by atoms with Crippen LogP contribution < -0.4 is 4.74 Å². The van der Waals surface area contributed by atoms with E-state index in [0.717, 1.165) is 49.5 Å². The maximum absolute atomic E-state index is 5.91. The third kappa shape index (κ3) is 4.89. The molecule has 0 radical (unpaired) electrons. The summed E-state index contributed by atoms with van der Waals surface area (Å²) in [5.41, 5.74) is 3.58. The Morgan fingerprint density at radius 2 is 1.81 bits per heavy atom. The zero-order valence-corrected chi connectivity index (χ0v) is 16.6. The molecule has 144 valence electrons. The van der Waals surface area contributed by atoms with Gasteiger partial charge in [-0.05, 0) is 55.0 Å². The summed E-state index contributed by atoms with van der Waals surface area (Å²) < 4.78 is 13.5. The monoisotopic (exact) mass is 366 g/mol. The van der Waals surface area contributed by atoms with E-state index in [0.29, 0.717) is 12.5 Å². The van der Waals surface area contributed by atoms with Crippen molar-refractivity contribution in [2.75, 3.05) is 13.7 Å². The fourth-order valence-electron chi connectivity index (χ4n) is 3.30. The molecule has 0 spiro atoms. The van der Waals surface area contributed by atoms with Gasteiger partial charge >= 0.3 is 0 Å². The Morgan fingerprint density at radius 1 is 1.04 bits per heavy atom. The van der Waals surface area contributed by atoms with Crippen LogP contribution in [0.3, 0.4) is 0 Å². The van der Waals surface area contributed by atoms with Gasteiger partial charge in [0.05, 0.1) is 17.6 Å². The number of ether oxygens (including phenoxy) is 2. The average Bonchev–Trinajstić information content (AvgIpc) is 3.05. The van der Waals surface area contributed by atoms with E-state index in [2.05, 4.69) is 65.9 Å². The molecule has 0 saturated heterocycles. The van der Waals surface area contributed by atoms with Crippen LogP contribution in [0, 0.1) is 0 Å². The van der Waals surface area contributed by atoms with Gasteiger partial charge < -0.3 is 14.0 Å². The number of aryl methyl sites for hydroxylation is 1. The van der Waals surface area contributed by atoms with Crippen molar-refractivity contribution in [1.29, 1.82) is 0 Å². The standard InChI is InChI=1S/C23H30N2O2/c1-4-18(2)19-11-13-20(14-12-19)27-16-8-7-15-25-22-10-6-5-9-21(22)24-23(25)17-26-3/h5-6,9-14,18H,4,7-8,15-17H2,1-3H3. The molecule has 1 aromatic heterocycles. The maximum atomic E-state index is 5.91. The van der Waals surface area contributed by atoms with Crippen LogP contribution in [0.25, 0.3) is 11.0 Å². The van der Waals surface area contributed by atoms with Crippen molar-refractivity contribution in [3.8, 4) is 5.75 Å². The third-order valence-corrected chi connectivity index (χ3v) is 5.11. The van der Waals surface area contributed by atoms with Gasteiger partial charge in [-0.25, -0.2) is 4.98 Å². The number of para-hydroxylation sites is 2. The summed E-state index contributed by atoms with van der Waals surface area (Å²) in [6, 6.07) is 16.8. The highest BCUT2D eigenvalue weighted by atomic mass is 16.5. The number of benzene rings is 2. The molecule has 3 rings (SSSR count). The van der Waals surface area contributed by atoms with Gasteiger partial charge in [0.1, 0.15) is 18.2 Å². The Hall–Kier alpha value is -2.33. The van der Waals surface area contributed by atoms with E-state index in [1.54, 1.807) is 7.11 Å². The fourth-order valence-corrected chi connectivity index (χ4v) is 3.30. The molecule has 4 nitrogen and oxygen atoms in total. The predicted octanol–water partition coefficient (Wildman–Crippen LogP) is 5.56. The van der Waals surface area contributed by atoms with Gasteiger partial charge in [-0.1, -0.05) is 38.1 Å². The van der Waals surface area contributed by atoms with E-state index in [-0.39, 0.29) is 0 Å². The number of fused-ring (bicyclic) bond motifs is 1. The quantitative estimate of drug-likeness (QED) is 0.441. The smallest absolute Gasteiger partial charge is 0.135 e. The Labute approximate surface area is 162 Å². The van der Waals surface area contributed by atoms with Crippen LogP contribution in [-0.4, -0.2) is 23.3 Å². The summed E-state index contributed by atoms with van der Waals surface area (Å²) in [6.45, 7) is 6.67. The van der Waals surface area contributed by atoms with Crippen LogP contribution in [0.5, 0.6) is 5.75 Å². The van der Waals surface area contributed by atoms with Crippen molar-refractivity contribution in [2.45, 2.75) is 52.2 Å². The van der Waals surface area contributed by atoms with Gasteiger partial charge in [-0.15, -0.1) is 0 Å². The lowest BCUT2D eigenvalue weighted by Gasteiger charge is -2.11. The van der Waals surface area contributed by atoms with Crippen molar-refractivity contribution in [3.63, 3.8) is 0 Å². The normalized spacial score (nSPS) is 12.4. The number of imidazole rings is 1. The third-order valence-electron chi connectivity index (χ3n) is 5.11. The van der Waals surface area contributed by atoms with Crippen molar-refractivity contribution < 1.29 is 9.47 Å². The molecule has 0 aliphatic heterocycles. The second-order valence-corrected chi connectivity index (χ2v) is 7.04. The summed E-state index contributed by atoms with van der Waals surface area (Å²) in [5.74, 6) is 2.54. The molecule has 0 aliphatic carbocycles. The second-order valence-electron chi connectivity index (χ2n) is 7.04. The first-order valence-electron chi connectivity index (χ1n) is 9.88. The number of aromatic nitrogens is 2. The van der Waals surface area contributed by atoms with E-state index in [1.165, 1.54) is 11.1 Å². The topological polar surface area (TPSA) is 36.3 Å². The molecular weight excluding hydrogens is 336 g/mol. The summed E-state index contributed by atoms with van der Waals surface area (Å²) >= 11 is 0. The van der Waals surface area contributed by atoms with Gasteiger partial charge in [0.25, 0.3) is 0 Å². The Bertz CT molecular complexity index is 839. The fraction of sp³-hybridized carbons (Fsp3) is 0.435. The highest BCUT2D eigenvalue weighted by Crippen LogP contribution is 2.22. The van der Waals surface area contributed by atoms with E-state index in [4.69, 9.17) is 9.47 Å². The van der Waals surface area contributed by atoms with Crippen LogP contribution in [0.1, 0.15) is 50.4 Å². The molecule has 1 unspecified atom stereocenters. The number of nitrogens with zero attached hydrogens (tertiary/aromatic N) is 2. The SMILES string of the molecule is CCC(C)c1ccc(OCCCCn2c(COC)nc3ccccc32)cc1. The van der Waals surface area contributed by atoms with Crippen molar-refractivity contribution in [2.24, 2.45) is 0 Å². The maximum Gasteiger partial charge on any atom is 0.135 e. The van der Waals surface area contributed by atoms with Gasteiger partial charge in [-0.3, -0.25) is 0 Å². The molecule has 2 aromatic carbocycles. The number of hydrogen-bond acceptors (Lipinski definition) is 3. The van der Waals surface area contributed by atoms with Crippen molar-refractivity contribution >= 4 is 11.0 Å². The molecule has 0 amide bonds. The number of rotatable bonds is 10. The van der Waals surface area contributed by atoms with Crippen molar-refractivity contribution in [1.82, 2.24) is 9.55 Å². The minimum absolute atomic E-state index is 0.535. The molecule has 1 atom stereocenters. The number of hydrogen-bond donors (Lipinski definition) is 0. The van der Waals surface area contributed by atoms with Crippen LogP contribution >= 0.6 is 0 Å². The molecule has 0 N–H and O–H groups in total. The van der Waals surface area contributed by atoms with E-state index < -0.39 is 0 Å². The number of unbranched alkanes of at least 4 members (excludes halogenated alkanes) is 1. The molecule has 0 saturated carbocycles. The summed E-state index contributed by atoms with van der Waals surface area (Å²) in [4.78, 5) is 4.68. The highest BCUT2D eigenvalue weighted by Gasteiger charge is 2.09. The summed E-state index contributed by atoms with van der Waals surface area (Å²) in [5, 5.41) is 0. The molecular formula is C23H30N2O2. The predicted molar refractivity (Wildman–Crippen MR) is 110 cm³/mol. The van der Waals surface area contributed by atoms with E-state index >= 15 is 0 Å². The largest absolute Gasteiger partial charge is 0.494 e. The lowest BCUT2D eigenvalue weighted by atomic mass is 9.99. The average molecular weight is 367 g/mol. The second kappa shape index (κ2) is 9.56. The summed E-state index contributed by atoms with van der Waals surface area (Å²) in [7, 11) is 1.71. The minimum Gasteiger partial charge on any atom is -0.494 e. The van der Waals surface area contributed by atoms with Crippen molar-refractivity contribution in [3.05, 3.63) is 59.9 Å². The van der Waals surface area contributed by atoms with Gasteiger partial charge in [0, 0.05) is 13.7 Å². The lowest BCUT2D eigenvalue weighted by molar-refractivity contribution is 0.174. The first-order valence-corrected chi connectivity index (χ1v) is 9.88. The van der Waals surface area contributed by atoms with Crippen LogP contribution in [-0.2, 0) is 17.9 Å². The number of methoxy groups -OCH3 is 1. The first kappa shape index (κ1) is 19.4. The van der Waals surface area contributed by atoms with Gasteiger partial charge in [-0.2, -0.15) is 0 Å². The van der Waals surface area contributed by atoms with Crippen LogP contribution in [0.4, 0.5) is 0 Å². The zero-order chi connectivity index (χ0) is 19.1. The summed E-state index contributed by atoms with van der Waals surface area (Å²) in [6.07, 6.45) is 3.21. The van der Waals surface area contributed by atoms with Crippen LogP contribution in [0.15, 0.2) is 48.5 Å². The van der Waals surface area contributed by atoms with E-state index in [1.807, 2.05) is 6.07 Å². The van der Waals surface area contributed by atoms with Crippen LogP contribution in [0.2, 0.25) is 0 Å².